The molecule has 0 spiro atoms. The van der Waals surface area contributed by atoms with Crippen LogP contribution in [0.2, 0.25) is 0 Å². The normalized spacial score (nSPS) is 11.6. The SMILES string of the molecule is Cc1cc(C(=O)NC(C)(C)CCO)c(C)s1. The highest BCUT2D eigenvalue weighted by molar-refractivity contribution is 7.12. The van der Waals surface area contributed by atoms with Gasteiger partial charge in [0.2, 0.25) is 0 Å². The van der Waals surface area contributed by atoms with Crippen molar-refractivity contribution in [3.05, 3.63) is 21.4 Å². The Morgan fingerprint density at radius 3 is 2.56 bits per heavy atom. The highest BCUT2D eigenvalue weighted by Gasteiger charge is 2.22. The van der Waals surface area contributed by atoms with E-state index in [2.05, 4.69) is 5.32 Å². The maximum absolute atomic E-state index is 12.0. The number of hydrogen-bond acceptors (Lipinski definition) is 3. The molecular formula is C12H19NO2S. The van der Waals surface area contributed by atoms with E-state index in [-0.39, 0.29) is 18.1 Å². The Bertz CT molecular complexity index is 382. The van der Waals surface area contributed by atoms with Crippen molar-refractivity contribution in [3.63, 3.8) is 0 Å². The number of hydrogen-bond donors (Lipinski definition) is 2. The first-order chi connectivity index (χ1) is 7.35. The van der Waals surface area contributed by atoms with Crippen LogP contribution >= 0.6 is 11.3 Å². The minimum absolute atomic E-state index is 0.0553. The summed E-state index contributed by atoms with van der Waals surface area (Å²) in [5.41, 5.74) is 0.377. The summed E-state index contributed by atoms with van der Waals surface area (Å²) in [6, 6.07) is 1.91. The summed E-state index contributed by atoms with van der Waals surface area (Å²) in [4.78, 5) is 14.2. The van der Waals surface area contributed by atoms with Crippen LogP contribution in [0.25, 0.3) is 0 Å². The van der Waals surface area contributed by atoms with Crippen molar-refractivity contribution >= 4 is 17.2 Å². The summed E-state index contributed by atoms with van der Waals surface area (Å²) in [6.45, 7) is 7.85. The molecule has 0 aromatic carbocycles. The minimum atomic E-state index is -0.367. The molecule has 2 N–H and O–H groups in total. The van der Waals surface area contributed by atoms with Gasteiger partial charge in [0.05, 0.1) is 5.56 Å². The van der Waals surface area contributed by atoms with E-state index in [4.69, 9.17) is 5.11 Å². The van der Waals surface area contributed by atoms with Gasteiger partial charge in [-0.15, -0.1) is 11.3 Å². The lowest BCUT2D eigenvalue weighted by Crippen LogP contribution is -2.44. The number of rotatable bonds is 4. The summed E-state index contributed by atoms with van der Waals surface area (Å²) in [5, 5.41) is 11.8. The Labute approximate surface area is 100 Å². The van der Waals surface area contributed by atoms with Crippen LogP contribution in [0.1, 0.15) is 40.4 Å². The van der Waals surface area contributed by atoms with Gasteiger partial charge in [0.15, 0.2) is 0 Å². The van der Waals surface area contributed by atoms with Crippen LogP contribution < -0.4 is 5.32 Å². The van der Waals surface area contributed by atoms with Crippen molar-refractivity contribution in [2.45, 2.75) is 39.7 Å². The van der Waals surface area contributed by atoms with Gasteiger partial charge in [-0.2, -0.15) is 0 Å². The topological polar surface area (TPSA) is 49.3 Å². The van der Waals surface area contributed by atoms with Crippen molar-refractivity contribution < 1.29 is 9.90 Å². The third-order valence-electron chi connectivity index (χ3n) is 2.47. The van der Waals surface area contributed by atoms with Crippen LogP contribution in [-0.4, -0.2) is 23.2 Å². The summed E-state index contributed by atoms with van der Waals surface area (Å²) in [7, 11) is 0. The number of carbonyl (C=O) groups excluding carboxylic acids is 1. The summed E-state index contributed by atoms with van der Waals surface area (Å²) < 4.78 is 0. The molecule has 0 saturated heterocycles. The van der Waals surface area contributed by atoms with Gasteiger partial charge in [-0.1, -0.05) is 0 Å². The predicted molar refractivity (Wildman–Crippen MR) is 67.0 cm³/mol. The van der Waals surface area contributed by atoms with Gasteiger partial charge in [0.1, 0.15) is 0 Å². The van der Waals surface area contributed by atoms with Crippen molar-refractivity contribution in [1.82, 2.24) is 5.32 Å². The second kappa shape index (κ2) is 4.97. The van der Waals surface area contributed by atoms with Gasteiger partial charge in [0.25, 0.3) is 5.91 Å². The van der Waals surface area contributed by atoms with Crippen LogP contribution in [0.3, 0.4) is 0 Å². The molecular weight excluding hydrogens is 222 g/mol. The molecule has 0 fully saturated rings. The fraction of sp³-hybridized carbons (Fsp3) is 0.583. The summed E-state index contributed by atoms with van der Waals surface area (Å²) in [5.74, 6) is -0.0553. The van der Waals surface area contributed by atoms with Gasteiger partial charge in [0, 0.05) is 21.9 Å². The van der Waals surface area contributed by atoms with E-state index in [0.717, 1.165) is 15.3 Å². The summed E-state index contributed by atoms with van der Waals surface area (Å²) in [6.07, 6.45) is 0.556. The first-order valence-electron chi connectivity index (χ1n) is 5.36. The molecule has 0 saturated carbocycles. The highest BCUT2D eigenvalue weighted by atomic mass is 32.1. The monoisotopic (exact) mass is 241 g/mol. The van der Waals surface area contributed by atoms with E-state index < -0.39 is 0 Å². The molecule has 1 heterocycles. The van der Waals surface area contributed by atoms with Crippen molar-refractivity contribution in [3.8, 4) is 0 Å². The van der Waals surface area contributed by atoms with Crippen molar-refractivity contribution in [2.75, 3.05) is 6.61 Å². The van der Waals surface area contributed by atoms with Crippen LogP contribution in [0.5, 0.6) is 0 Å². The third-order valence-corrected chi connectivity index (χ3v) is 3.44. The first kappa shape index (κ1) is 13.2. The Hall–Kier alpha value is -0.870. The van der Waals surface area contributed by atoms with Gasteiger partial charge in [-0.3, -0.25) is 4.79 Å². The molecule has 16 heavy (non-hydrogen) atoms. The molecule has 1 aromatic rings. The van der Waals surface area contributed by atoms with E-state index in [1.807, 2.05) is 33.8 Å². The molecule has 1 amide bonds. The number of aryl methyl sites for hydroxylation is 2. The molecule has 0 unspecified atom stereocenters. The number of aliphatic hydroxyl groups is 1. The maximum atomic E-state index is 12.0. The van der Waals surface area contributed by atoms with Gasteiger partial charge in [-0.05, 0) is 40.2 Å². The zero-order chi connectivity index (χ0) is 12.3. The lowest BCUT2D eigenvalue weighted by molar-refractivity contribution is 0.0899. The molecule has 0 aliphatic heterocycles. The Kier molecular flexibility index (Phi) is 4.10. The highest BCUT2D eigenvalue weighted by Crippen LogP contribution is 2.21. The Balaban J connectivity index is 2.76. The van der Waals surface area contributed by atoms with Crippen LogP contribution in [0.4, 0.5) is 0 Å². The van der Waals surface area contributed by atoms with E-state index in [1.54, 1.807) is 11.3 Å². The molecule has 3 nitrogen and oxygen atoms in total. The number of carbonyl (C=O) groups is 1. The second-order valence-electron chi connectivity index (χ2n) is 4.64. The fourth-order valence-electron chi connectivity index (χ4n) is 1.57. The van der Waals surface area contributed by atoms with E-state index in [9.17, 15) is 4.79 Å². The van der Waals surface area contributed by atoms with Gasteiger partial charge < -0.3 is 10.4 Å². The maximum Gasteiger partial charge on any atom is 0.252 e. The zero-order valence-electron chi connectivity index (χ0n) is 10.3. The number of amides is 1. The minimum Gasteiger partial charge on any atom is -0.396 e. The molecule has 4 heteroatoms. The van der Waals surface area contributed by atoms with Gasteiger partial charge >= 0.3 is 0 Å². The largest absolute Gasteiger partial charge is 0.396 e. The lowest BCUT2D eigenvalue weighted by Gasteiger charge is -2.25. The van der Waals surface area contributed by atoms with Gasteiger partial charge in [-0.25, -0.2) is 0 Å². The molecule has 1 aromatic heterocycles. The molecule has 0 aliphatic rings. The smallest absolute Gasteiger partial charge is 0.252 e. The predicted octanol–water partition coefficient (Wildman–Crippen LogP) is 2.26. The van der Waals surface area contributed by atoms with Crippen molar-refractivity contribution in [1.29, 1.82) is 0 Å². The molecule has 0 bridgehead atoms. The number of thiophene rings is 1. The van der Waals surface area contributed by atoms with E-state index in [1.165, 1.54) is 0 Å². The average molecular weight is 241 g/mol. The van der Waals surface area contributed by atoms with Crippen molar-refractivity contribution in [2.24, 2.45) is 0 Å². The molecule has 0 atom stereocenters. The van der Waals surface area contributed by atoms with Crippen LogP contribution in [0.15, 0.2) is 6.07 Å². The lowest BCUT2D eigenvalue weighted by atomic mass is 10.0. The molecule has 0 radical (unpaired) electrons. The molecule has 0 aliphatic carbocycles. The molecule has 90 valence electrons. The first-order valence-corrected chi connectivity index (χ1v) is 6.18. The number of nitrogens with one attached hydrogen (secondary N) is 1. The van der Waals surface area contributed by atoms with Crippen LogP contribution in [0, 0.1) is 13.8 Å². The third kappa shape index (κ3) is 3.32. The Morgan fingerprint density at radius 2 is 2.12 bits per heavy atom. The van der Waals surface area contributed by atoms with E-state index >= 15 is 0 Å². The fourth-order valence-corrected chi connectivity index (χ4v) is 2.49. The standard InChI is InChI=1S/C12H19NO2S/c1-8-7-10(9(2)16-8)11(15)13-12(3,4)5-6-14/h7,14H,5-6H2,1-4H3,(H,13,15). The average Bonchev–Trinajstić information content (AvgIpc) is 2.44. The molecule has 1 rings (SSSR count). The zero-order valence-corrected chi connectivity index (χ0v) is 11.1. The second-order valence-corrected chi connectivity index (χ2v) is 6.10. The number of aliphatic hydroxyl groups excluding tert-OH is 1. The van der Waals surface area contributed by atoms with E-state index in [0.29, 0.717) is 6.42 Å². The Morgan fingerprint density at radius 1 is 1.50 bits per heavy atom. The van der Waals surface area contributed by atoms with Crippen LogP contribution in [-0.2, 0) is 0 Å². The quantitative estimate of drug-likeness (QED) is 0.849. The summed E-state index contributed by atoms with van der Waals surface area (Å²) >= 11 is 1.63.